The summed E-state index contributed by atoms with van der Waals surface area (Å²) >= 11 is 0. The zero-order valence-electron chi connectivity index (χ0n) is 16.4. The van der Waals surface area contributed by atoms with Crippen molar-refractivity contribution in [3.05, 3.63) is 65.2 Å². The molecular weight excluding hydrogens is 338 g/mol. The van der Waals surface area contributed by atoms with E-state index in [1.165, 1.54) is 11.1 Å². The van der Waals surface area contributed by atoms with E-state index in [0.29, 0.717) is 12.1 Å². The minimum atomic E-state index is -0.0520. The lowest BCUT2D eigenvalue weighted by Gasteiger charge is -2.38. The van der Waals surface area contributed by atoms with E-state index in [0.717, 1.165) is 31.9 Å². The predicted octanol–water partition coefficient (Wildman–Crippen LogP) is 2.72. The van der Waals surface area contributed by atoms with Crippen LogP contribution in [0.3, 0.4) is 0 Å². The van der Waals surface area contributed by atoms with E-state index >= 15 is 0 Å². The lowest BCUT2D eigenvalue weighted by molar-refractivity contribution is 0.0886. The van der Waals surface area contributed by atoms with Gasteiger partial charge in [0.25, 0.3) is 5.91 Å². The molecule has 0 spiro atoms. The molecule has 2 aromatic rings. The molecule has 0 bridgehead atoms. The van der Waals surface area contributed by atoms with Gasteiger partial charge in [0, 0.05) is 38.3 Å². The fourth-order valence-corrected chi connectivity index (χ4v) is 3.41. The Kier molecular flexibility index (Phi) is 6.48. The van der Waals surface area contributed by atoms with Crippen LogP contribution in [0, 0.1) is 6.92 Å². The summed E-state index contributed by atoms with van der Waals surface area (Å²) in [5, 5.41) is 3.12. The number of nitrogens with one attached hydrogen (secondary N) is 1. The van der Waals surface area contributed by atoms with E-state index in [4.69, 9.17) is 4.74 Å². The number of piperazine rings is 1. The normalized spacial score (nSPS) is 16.7. The van der Waals surface area contributed by atoms with Crippen molar-refractivity contribution >= 4 is 5.91 Å². The molecule has 1 amide bonds. The molecule has 0 unspecified atom stereocenters. The number of nitrogens with zero attached hydrogens (tertiary/aromatic N) is 2. The van der Waals surface area contributed by atoms with Gasteiger partial charge in [-0.25, -0.2) is 0 Å². The number of carbonyl (C=O) groups excluding carboxylic acids is 1. The summed E-state index contributed by atoms with van der Waals surface area (Å²) in [7, 11) is 3.78. The molecular formula is C22H29N3O2. The van der Waals surface area contributed by atoms with Crippen LogP contribution in [0.4, 0.5) is 0 Å². The van der Waals surface area contributed by atoms with Gasteiger partial charge >= 0.3 is 0 Å². The van der Waals surface area contributed by atoms with Crippen LogP contribution >= 0.6 is 0 Å². The number of likely N-dealkylation sites (N-methyl/N-ethyl adjacent to an activating group) is 1. The van der Waals surface area contributed by atoms with Crippen LogP contribution < -0.4 is 10.1 Å². The number of hydrogen-bond acceptors (Lipinski definition) is 4. The fourth-order valence-electron chi connectivity index (χ4n) is 3.41. The summed E-state index contributed by atoms with van der Waals surface area (Å²) < 4.78 is 5.16. The highest BCUT2D eigenvalue weighted by atomic mass is 16.5. The van der Waals surface area contributed by atoms with Gasteiger partial charge in [-0.1, -0.05) is 29.8 Å². The molecule has 1 atom stereocenters. The van der Waals surface area contributed by atoms with Crippen LogP contribution in [0.1, 0.15) is 27.5 Å². The first-order valence-electron chi connectivity index (χ1n) is 9.48. The Hall–Kier alpha value is -2.37. The van der Waals surface area contributed by atoms with Crippen LogP contribution in [0.25, 0.3) is 0 Å². The standard InChI is InChI=1S/C22H29N3O2/c1-17-4-6-18(7-5-17)21(25-14-12-24(2)13-15-25)16-23-22(26)19-8-10-20(27-3)11-9-19/h4-11,21H,12-16H2,1-3H3,(H,23,26)/t21-/m1/s1. The molecule has 0 radical (unpaired) electrons. The van der Waals surface area contributed by atoms with E-state index in [1.54, 1.807) is 19.2 Å². The van der Waals surface area contributed by atoms with Crippen molar-refractivity contribution in [3.63, 3.8) is 0 Å². The Bertz CT molecular complexity index is 735. The highest BCUT2D eigenvalue weighted by molar-refractivity contribution is 5.94. The SMILES string of the molecule is COc1ccc(C(=O)NC[C@H](c2ccc(C)cc2)N2CCN(C)CC2)cc1. The molecule has 5 nitrogen and oxygen atoms in total. The van der Waals surface area contributed by atoms with Crippen LogP contribution in [-0.2, 0) is 0 Å². The molecule has 1 aliphatic rings. The Morgan fingerprint density at radius 3 is 2.26 bits per heavy atom. The second kappa shape index (κ2) is 9.02. The summed E-state index contributed by atoms with van der Waals surface area (Å²) in [5.41, 5.74) is 3.15. The molecule has 27 heavy (non-hydrogen) atoms. The fraction of sp³-hybridized carbons (Fsp3) is 0.409. The molecule has 0 aliphatic carbocycles. The quantitative estimate of drug-likeness (QED) is 0.853. The van der Waals surface area contributed by atoms with Crippen molar-refractivity contribution in [1.29, 1.82) is 0 Å². The Balaban J connectivity index is 1.70. The number of ether oxygens (including phenoxy) is 1. The molecule has 5 heteroatoms. The maximum Gasteiger partial charge on any atom is 0.251 e. The van der Waals surface area contributed by atoms with Crippen LogP contribution in [0.15, 0.2) is 48.5 Å². The second-order valence-electron chi connectivity index (χ2n) is 7.20. The molecule has 3 rings (SSSR count). The summed E-state index contributed by atoms with van der Waals surface area (Å²) in [6, 6.07) is 16.0. The van der Waals surface area contributed by atoms with Gasteiger partial charge in [-0.3, -0.25) is 9.69 Å². The lowest BCUT2D eigenvalue weighted by Crippen LogP contribution is -2.48. The molecule has 2 aromatic carbocycles. The summed E-state index contributed by atoms with van der Waals surface area (Å²) in [6.07, 6.45) is 0. The minimum absolute atomic E-state index is 0.0520. The molecule has 0 aromatic heterocycles. The Morgan fingerprint density at radius 2 is 1.67 bits per heavy atom. The van der Waals surface area contributed by atoms with E-state index < -0.39 is 0 Å². The van der Waals surface area contributed by atoms with Gasteiger partial charge in [0.2, 0.25) is 0 Å². The minimum Gasteiger partial charge on any atom is -0.497 e. The van der Waals surface area contributed by atoms with Gasteiger partial charge in [-0.15, -0.1) is 0 Å². The first-order valence-corrected chi connectivity index (χ1v) is 9.48. The topological polar surface area (TPSA) is 44.8 Å². The monoisotopic (exact) mass is 367 g/mol. The van der Waals surface area contributed by atoms with Crippen LogP contribution in [0.2, 0.25) is 0 Å². The molecule has 144 valence electrons. The maximum atomic E-state index is 12.6. The smallest absolute Gasteiger partial charge is 0.251 e. The van der Waals surface area contributed by atoms with Gasteiger partial charge < -0.3 is 15.0 Å². The van der Waals surface area contributed by atoms with Crippen molar-refractivity contribution < 1.29 is 9.53 Å². The maximum absolute atomic E-state index is 12.6. The number of amides is 1. The summed E-state index contributed by atoms with van der Waals surface area (Å²) in [5.74, 6) is 0.699. The van der Waals surface area contributed by atoms with E-state index in [1.807, 2.05) is 12.1 Å². The number of rotatable bonds is 6. The molecule has 1 saturated heterocycles. The number of hydrogen-bond donors (Lipinski definition) is 1. The van der Waals surface area contributed by atoms with Gasteiger partial charge in [0.05, 0.1) is 13.2 Å². The zero-order valence-corrected chi connectivity index (χ0v) is 16.4. The molecule has 0 saturated carbocycles. The highest BCUT2D eigenvalue weighted by Gasteiger charge is 2.24. The predicted molar refractivity (Wildman–Crippen MR) is 108 cm³/mol. The molecule has 1 heterocycles. The number of aryl methyl sites for hydroxylation is 1. The first kappa shape index (κ1) is 19.4. The number of benzene rings is 2. The van der Waals surface area contributed by atoms with Crippen LogP contribution in [0.5, 0.6) is 5.75 Å². The van der Waals surface area contributed by atoms with Crippen molar-refractivity contribution in [1.82, 2.24) is 15.1 Å². The second-order valence-corrected chi connectivity index (χ2v) is 7.20. The lowest BCUT2D eigenvalue weighted by atomic mass is 10.0. The van der Waals surface area contributed by atoms with E-state index in [2.05, 4.69) is 53.4 Å². The van der Waals surface area contributed by atoms with Gasteiger partial charge in [-0.2, -0.15) is 0 Å². The van der Waals surface area contributed by atoms with E-state index in [-0.39, 0.29) is 11.9 Å². The third kappa shape index (κ3) is 5.08. The van der Waals surface area contributed by atoms with E-state index in [9.17, 15) is 4.79 Å². The van der Waals surface area contributed by atoms with Gasteiger partial charge in [-0.05, 0) is 43.8 Å². The molecule has 1 fully saturated rings. The Morgan fingerprint density at radius 1 is 1.04 bits per heavy atom. The third-order valence-corrected chi connectivity index (χ3v) is 5.25. The summed E-state index contributed by atoms with van der Waals surface area (Å²) in [6.45, 7) is 6.81. The number of methoxy groups -OCH3 is 1. The Labute approximate surface area is 161 Å². The van der Waals surface area contributed by atoms with Gasteiger partial charge in [0.15, 0.2) is 0 Å². The highest BCUT2D eigenvalue weighted by Crippen LogP contribution is 2.22. The molecule has 1 aliphatic heterocycles. The van der Waals surface area contributed by atoms with Crippen LogP contribution in [-0.4, -0.2) is 62.6 Å². The van der Waals surface area contributed by atoms with Crippen molar-refractivity contribution in [2.24, 2.45) is 0 Å². The average Bonchev–Trinajstić information content (AvgIpc) is 2.70. The largest absolute Gasteiger partial charge is 0.497 e. The first-order chi connectivity index (χ1) is 13.1. The zero-order chi connectivity index (χ0) is 19.2. The summed E-state index contributed by atoms with van der Waals surface area (Å²) in [4.78, 5) is 17.4. The number of carbonyl (C=O) groups is 1. The average molecular weight is 367 g/mol. The van der Waals surface area contributed by atoms with Crippen molar-refractivity contribution in [2.45, 2.75) is 13.0 Å². The third-order valence-electron chi connectivity index (χ3n) is 5.25. The molecule has 1 N–H and O–H groups in total. The van der Waals surface area contributed by atoms with Crippen molar-refractivity contribution in [2.75, 3.05) is 46.9 Å². The van der Waals surface area contributed by atoms with Gasteiger partial charge in [0.1, 0.15) is 5.75 Å². The van der Waals surface area contributed by atoms with Crippen molar-refractivity contribution in [3.8, 4) is 5.75 Å².